The molecule has 104 valence electrons. The second-order valence-electron chi connectivity index (χ2n) is 4.36. The van der Waals surface area contributed by atoms with Crippen molar-refractivity contribution in [1.82, 2.24) is 28.7 Å². The Bertz CT molecular complexity index is 1010. The molecule has 0 aromatic carbocycles. The van der Waals surface area contributed by atoms with E-state index in [0.29, 0.717) is 0 Å². The van der Waals surface area contributed by atoms with Gasteiger partial charge in [-0.05, 0) is 0 Å². The zero-order chi connectivity index (χ0) is 15.1. The lowest BCUT2D eigenvalue weighted by Gasteiger charge is -2.09. The fraction of sp³-hybridized carbons (Fsp3) is 0.167. The van der Waals surface area contributed by atoms with Crippen molar-refractivity contribution in [3.05, 3.63) is 45.3 Å². The molecular formula is C12H9N7O2. The molecule has 3 aromatic heterocycles. The molecule has 0 aliphatic heterocycles. The van der Waals surface area contributed by atoms with Crippen LogP contribution in [0.5, 0.6) is 0 Å². The van der Waals surface area contributed by atoms with Crippen molar-refractivity contribution in [2.24, 2.45) is 14.1 Å². The monoisotopic (exact) mass is 283 g/mol. The molecule has 9 heteroatoms. The molecule has 0 amide bonds. The normalized spacial score (nSPS) is 10.7. The van der Waals surface area contributed by atoms with E-state index < -0.39 is 11.2 Å². The summed E-state index contributed by atoms with van der Waals surface area (Å²) < 4.78 is 3.63. The van der Waals surface area contributed by atoms with Crippen molar-refractivity contribution in [3.8, 4) is 11.9 Å². The van der Waals surface area contributed by atoms with Crippen LogP contribution in [0.2, 0.25) is 0 Å². The van der Waals surface area contributed by atoms with Crippen LogP contribution in [0.25, 0.3) is 17.0 Å². The van der Waals surface area contributed by atoms with Gasteiger partial charge in [-0.3, -0.25) is 18.5 Å². The van der Waals surface area contributed by atoms with Crippen molar-refractivity contribution in [2.75, 3.05) is 0 Å². The number of fused-ring (bicyclic) bond motifs is 1. The summed E-state index contributed by atoms with van der Waals surface area (Å²) in [5.74, 6) is 0.214. The zero-order valence-corrected chi connectivity index (χ0v) is 11.2. The number of nitriles is 1. The molecule has 0 atom stereocenters. The van der Waals surface area contributed by atoms with Crippen LogP contribution in [0, 0.1) is 11.3 Å². The quantitative estimate of drug-likeness (QED) is 0.571. The van der Waals surface area contributed by atoms with Gasteiger partial charge in [-0.25, -0.2) is 19.7 Å². The Balaban J connectivity index is 2.53. The standard InChI is InChI=1S/C12H9N7O2/c1-17-10-8(11(20)18(2)12(17)21)15-7(5-13)9(16-10)19-4-3-14-6-19/h3-4,6H,1-2H3. The molecule has 3 rings (SSSR count). The van der Waals surface area contributed by atoms with Crippen LogP contribution in [0.15, 0.2) is 28.3 Å². The molecule has 0 fully saturated rings. The minimum Gasteiger partial charge on any atom is -0.288 e. The summed E-state index contributed by atoms with van der Waals surface area (Å²) in [7, 11) is 2.84. The van der Waals surface area contributed by atoms with Gasteiger partial charge < -0.3 is 0 Å². The Morgan fingerprint density at radius 3 is 2.57 bits per heavy atom. The molecule has 0 bridgehead atoms. The molecule has 0 spiro atoms. The lowest BCUT2D eigenvalue weighted by atomic mass is 10.4. The second kappa shape index (κ2) is 4.38. The van der Waals surface area contributed by atoms with Gasteiger partial charge in [0.05, 0.1) is 0 Å². The highest BCUT2D eigenvalue weighted by Gasteiger charge is 2.16. The first-order valence-electron chi connectivity index (χ1n) is 5.90. The van der Waals surface area contributed by atoms with Gasteiger partial charge in [-0.1, -0.05) is 0 Å². The lowest BCUT2D eigenvalue weighted by Crippen LogP contribution is -2.38. The van der Waals surface area contributed by atoms with E-state index in [1.54, 1.807) is 6.20 Å². The summed E-state index contributed by atoms with van der Waals surface area (Å²) in [5.41, 5.74) is -1.03. The Kier molecular flexibility index (Phi) is 2.66. The number of rotatable bonds is 1. The average molecular weight is 283 g/mol. The van der Waals surface area contributed by atoms with E-state index in [1.165, 1.54) is 35.8 Å². The number of hydrogen-bond donors (Lipinski definition) is 0. The van der Waals surface area contributed by atoms with E-state index in [9.17, 15) is 14.9 Å². The van der Waals surface area contributed by atoms with Crippen molar-refractivity contribution < 1.29 is 0 Å². The van der Waals surface area contributed by atoms with Gasteiger partial charge in [0.15, 0.2) is 22.7 Å². The Morgan fingerprint density at radius 2 is 1.95 bits per heavy atom. The van der Waals surface area contributed by atoms with E-state index >= 15 is 0 Å². The van der Waals surface area contributed by atoms with E-state index in [1.807, 2.05) is 6.07 Å². The van der Waals surface area contributed by atoms with E-state index in [2.05, 4.69) is 15.0 Å². The summed E-state index contributed by atoms with van der Waals surface area (Å²) >= 11 is 0. The maximum absolute atomic E-state index is 12.1. The number of aromatic nitrogens is 6. The lowest BCUT2D eigenvalue weighted by molar-refractivity contribution is 0.702. The number of imidazole rings is 1. The summed E-state index contributed by atoms with van der Waals surface area (Å²) in [6, 6.07) is 1.90. The summed E-state index contributed by atoms with van der Waals surface area (Å²) in [6.07, 6.45) is 4.57. The van der Waals surface area contributed by atoms with Gasteiger partial charge in [0.2, 0.25) is 0 Å². The molecule has 0 N–H and O–H groups in total. The average Bonchev–Trinajstić information content (AvgIpc) is 3.03. The zero-order valence-electron chi connectivity index (χ0n) is 11.2. The third-order valence-electron chi connectivity index (χ3n) is 3.11. The maximum Gasteiger partial charge on any atom is 0.332 e. The SMILES string of the molecule is Cn1c(=O)c2nc(C#N)c(-n3ccnc3)nc2n(C)c1=O. The molecule has 3 heterocycles. The van der Waals surface area contributed by atoms with Gasteiger partial charge in [0.1, 0.15) is 12.4 Å². The van der Waals surface area contributed by atoms with E-state index in [0.717, 1.165) is 4.57 Å². The minimum absolute atomic E-state index is 0.0174. The van der Waals surface area contributed by atoms with E-state index in [4.69, 9.17) is 0 Å². The molecule has 3 aromatic rings. The Morgan fingerprint density at radius 1 is 1.19 bits per heavy atom. The van der Waals surface area contributed by atoms with Crippen molar-refractivity contribution in [1.29, 1.82) is 5.26 Å². The first kappa shape index (κ1) is 12.7. The summed E-state index contributed by atoms with van der Waals surface area (Å²) in [6.45, 7) is 0. The second-order valence-corrected chi connectivity index (χ2v) is 4.36. The van der Waals surface area contributed by atoms with Gasteiger partial charge >= 0.3 is 5.69 Å². The predicted molar refractivity (Wildman–Crippen MR) is 71.9 cm³/mol. The van der Waals surface area contributed by atoms with Crippen LogP contribution >= 0.6 is 0 Å². The van der Waals surface area contributed by atoms with Crippen LogP contribution in [0.3, 0.4) is 0 Å². The Labute approximate surface area is 117 Å². The first-order valence-corrected chi connectivity index (χ1v) is 5.90. The highest BCUT2D eigenvalue weighted by Crippen LogP contribution is 2.12. The van der Waals surface area contributed by atoms with E-state index in [-0.39, 0.29) is 22.7 Å². The van der Waals surface area contributed by atoms with Gasteiger partial charge in [-0.2, -0.15) is 5.26 Å². The smallest absolute Gasteiger partial charge is 0.288 e. The van der Waals surface area contributed by atoms with Crippen LogP contribution < -0.4 is 11.2 Å². The van der Waals surface area contributed by atoms with Crippen LogP contribution in [0.4, 0.5) is 0 Å². The summed E-state index contributed by atoms with van der Waals surface area (Å²) in [5, 5.41) is 9.20. The van der Waals surface area contributed by atoms with Crippen molar-refractivity contribution in [3.63, 3.8) is 0 Å². The minimum atomic E-state index is -0.589. The topological polar surface area (TPSA) is 111 Å². The van der Waals surface area contributed by atoms with Crippen molar-refractivity contribution >= 4 is 11.2 Å². The highest BCUT2D eigenvalue weighted by atomic mass is 16.2. The van der Waals surface area contributed by atoms with Gasteiger partial charge in [0.25, 0.3) is 5.56 Å². The summed E-state index contributed by atoms with van der Waals surface area (Å²) in [4.78, 5) is 36.2. The first-order chi connectivity index (χ1) is 10.0. The van der Waals surface area contributed by atoms with Crippen LogP contribution in [-0.4, -0.2) is 28.7 Å². The maximum atomic E-state index is 12.1. The fourth-order valence-corrected chi connectivity index (χ4v) is 2.00. The molecular weight excluding hydrogens is 274 g/mol. The molecule has 0 aliphatic rings. The Hall–Kier alpha value is -3.28. The largest absolute Gasteiger partial charge is 0.332 e. The van der Waals surface area contributed by atoms with Crippen LogP contribution in [0.1, 0.15) is 5.69 Å². The molecule has 21 heavy (non-hydrogen) atoms. The number of hydrogen-bond acceptors (Lipinski definition) is 6. The molecule has 0 saturated carbocycles. The predicted octanol–water partition coefficient (Wildman–Crippen LogP) is -0.915. The molecule has 0 saturated heterocycles. The fourth-order valence-electron chi connectivity index (χ4n) is 2.00. The molecule has 9 nitrogen and oxygen atoms in total. The molecule has 0 aliphatic carbocycles. The number of aryl methyl sites for hydroxylation is 1. The highest BCUT2D eigenvalue weighted by molar-refractivity contribution is 5.71. The third kappa shape index (κ3) is 1.73. The van der Waals surface area contributed by atoms with Gasteiger partial charge in [-0.15, -0.1) is 0 Å². The third-order valence-corrected chi connectivity index (χ3v) is 3.11. The van der Waals surface area contributed by atoms with Crippen molar-refractivity contribution in [2.45, 2.75) is 0 Å². The molecule has 0 radical (unpaired) electrons. The number of nitrogens with zero attached hydrogens (tertiary/aromatic N) is 7. The van der Waals surface area contributed by atoms with Gasteiger partial charge in [0, 0.05) is 26.5 Å². The van der Waals surface area contributed by atoms with Crippen LogP contribution in [-0.2, 0) is 14.1 Å². The molecule has 0 unspecified atom stereocenters.